The topological polar surface area (TPSA) is 40.5 Å². The second-order valence-electron chi connectivity index (χ2n) is 5.76. The fourth-order valence-corrected chi connectivity index (χ4v) is 2.75. The Kier molecular flexibility index (Phi) is 5.06. The first-order valence-corrected chi connectivity index (χ1v) is 7.59. The van der Waals surface area contributed by atoms with Crippen molar-refractivity contribution < 1.29 is 9.90 Å². The first kappa shape index (κ1) is 15.3. The van der Waals surface area contributed by atoms with Gasteiger partial charge in [-0.2, -0.15) is 0 Å². The molecule has 1 atom stereocenters. The quantitative estimate of drug-likeness (QED) is 0.876. The van der Waals surface area contributed by atoms with Gasteiger partial charge >= 0.3 is 0 Å². The number of aliphatic hydroxyl groups is 1. The predicted octanol–water partition coefficient (Wildman–Crippen LogP) is 3.06. The summed E-state index contributed by atoms with van der Waals surface area (Å²) in [7, 11) is 0. The molecule has 0 saturated heterocycles. The minimum atomic E-state index is -0.167. The number of hydrogen-bond donors (Lipinski definition) is 1. The fraction of sp³-hybridized carbons (Fsp3) is 0.562. The number of nitrogens with zero attached hydrogens (tertiary/aromatic N) is 1. The summed E-state index contributed by atoms with van der Waals surface area (Å²) in [6.45, 7) is 4.57. The molecular weight excluding hydrogens is 274 g/mol. The lowest BCUT2D eigenvalue weighted by molar-refractivity contribution is -0.135. The average Bonchev–Trinajstić information content (AvgIpc) is 3.22. The monoisotopic (exact) mass is 295 g/mol. The summed E-state index contributed by atoms with van der Waals surface area (Å²) in [5.41, 5.74) is 0.998. The summed E-state index contributed by atoms with van der Waals surface area (Å²) in [6.07, 6.45) is 2.11. The van der Waals surface area contributed by atoms with Crippen LogP contribution in [-0.4, -0.2) is 35.1 Å². The fourth-order valence-electron chi connectivity index (χ4n) is 2.63. The van der Waals surface area contributed by atoms with E-state index in [4.69, 9.17) is 11.6 Å². The second kappa shape index (κ2) is 6.59. The van der Waals surface area contributed by atoms with E-state index in [2.05, 4.69) is 13.8 Å². The van der Waals surface area contributed by atoms with Gasteiger partial charge in [0.1, 0.15) is 0 Å². The third-order valence-electron chi connectivity index (χ3n) is 3.77. The lowest BCUT2D eigenvalue weighted by Crippen LogP contribution is -2.40. The van der Waals surface area contributed by atoms with Crippen LogP contribution >= 0.6 is 11.6 Å². The van der Waals surface area contributed by atoms with Gasteiger partial charge in [0.25, 0.3) is 0 Å². The lowest BCUT2D eigenvalue weighted by atomic mass is 9.87. The molecule has 0 heterocycles. The maximum absolute atomic E-state index is 12.8. The van der Waals surface area contributed by atoms with Gasteiger partial charge < -0.3 is 10.0 Å². The molecule has 3 nitrogen and oxygen atoms in total. The van der Waals surface area contributed by atoms with E-state index in [9.17, 15) is 9.90 Å². The zero-order valence-electron chi connectivity index (χ0n) is 12.1. The van der Waals surface area contributed by atoms with Gasteiger partial charge in [0.15, 0.2) is 0 Å². The standard InChI is InChI=1S/C16H22ClNO2/c1-11(2)15(12-3-5-13(17)6-4-12)16(20)18(9-10-19)14-7-8-14/h3-6,11,14-15,19H,7-10H2,1-2H3. The van der Waals surface area contributed by atoms with Crippen LogP contribution < -0.4 is 0 Å². The van der Waals surface area contributed by atoms with Crippen LogP contribution in [0.15, 0.2) is 24.3 Å². The summed E-state index contributed by atoms with van der Waals surface area (Å²) in [5.74, 6) is 0.168. The van der Waals surface area contributed by atoms with E-state index >= 15 is 0 Å². The number of amides is 1. The van der Waals surface area contributed by atoms with Crippen molar-refractivity contribution >= 4 is 17.5 Å². The van der Waals surface area contributed by atoms with Crippen molar-refractivity contribution in [1.29, 1.82) is 0 Å². The van der Waals surface area contributed by atoms with Gasteiger partial charge in [0.2, 0.25) is 5.91 Å². The molecule has 0 aliphatic heterocycles. The van der Waals surface area contributed by atoms with E-state index < -0.39 is 0 Å². The Bertz CT molecular complexity index is 454. The molecule has 1 aliphatic carbocycles. The molecule has 1 aromatic rings. The van der Waals surface area contributed by atoms with Crippen molar-refractivity contribution in [2.24, 2.45) is 5.92 Å². The maximum atomic E-state index is 12.8. The molecule has 0 bridgehead atoms. The number of halogens is 1. The van der Waals surface area contributed by atoms with Crippen LogP contribution in [0.25, 0.3) is 0 Å². The Morgan fingerprint density at radius 3 is 2.40 bits per heavy atom. The minimum Gasteiger partial charge on any atom is -0.395 e. The molecule has 1 aromatic carbocycles. The van der Waals surface area contributed by atoms with E-state index in [0.717, 1.165) is 18.4 Å². The Balaban J connectivity index is 2.22. The van der Waals surface area contributed by atoms with Crippen LogP contribution in [0.1, 0.15) is 38.2 Å². The van der Waals surface area contributed by atoms with E-state index in [1.165, 1.54) is 0 Å². The van der Waals surface area contributed by atoms with Crippen LogP contribution in [-0.2, 0) is 4.79 Å². The molecule has 1 unspecified atom stereocenters. The Morgan fingerprint density at radius 2 is 1.95 bits per heavy atom. The average molecular weight is 296 g/mol. The number of hydrogen-bond acceptors (Lipinski definition) is 2. The molecule has 1 fully saturated rings. The van der Waals surface area contributed by atoms with Crippen LogP contribution in [0.3, 0.4) is 0 Å². The Hall–Kier alpha value is -1.06. The second-order valence-corrected chi connectivity index (χ2v) is 6.20. The van der Waals surface area contributed by atoms with Gasteiger partial charge in [-0.05, 0) is 36.5 Å². The zero-order valence-corrected chi connectivity index (χ0v) is 12.8. The molecule has 1 saturated carbocycles. The smallest absolute Gasteiger partial charge is 0.230 e. The summed E-state index contributed by atoms with van der Waals surface area (Å²) in [6, 6.07) is 7.83. The third kappa shape index (κ3) is 3.53. The van der Waals surface area contributed by atoms with Gasteiger partial charge in [-0.25, -0.2) is 0 Å². The first-order valence-electron chi connectivity index (χ1n) is 7.21. The Labute approximate surface area is 125 Å². The highest BCUT2D eigenvalue weighted by molar-refractivity contribution is 6.30. The van der Waals surface area contributed by atoms with E-state index in [1.807, 2.05) is 29.2 Å². The van der Waals surface area contributed by atoms with E-state index in [0.29, 0.717) is 17.6 Å². The molecule has 110 valence electrons. The number of aliphatic hydroxyl groups excluding tert-OH is 1. The van der Waals surface area contributed by atoms with Crippen molar-refractivity contribution in [3.63, 3.8) is 0 Å². The van der Waals surface area contributed by atoms with Crippen molar-refractivity contribution in [1.82, 2.24) is 4.90 Å². The molecule has 4 heteroatoms. The van der Waals surface area contributed by atoms with Crippen molar-refractivity contribution in [2.75, 3.05) is 13.2 Å². The van der Waals surface area contributed by atoms with Gasteiger partial charge in [0, 0.05) is 17.6 Å². The summed E-state index contributed by atoms with van der Waals surface area (Å²) < 4.78 is 0. The Morgan fingerprint density at radius 1 is 1.35 bits per heavy atom. The molecule has 0 spiro atoms. The number of rotatable bonds is 6. The zero-order chi connectivity index (χ0) is 14.7. The summed E-state index contributed by atoms with van der Waals surface area (Å²) >= 11 is 5.92. The van der Waals surface area contributed by atoms with Crippen LogP contribution in [0.4, 0.5) is 0 Å². The molecule has 1 aliphatic rings. The maximum Gasteiger partial charge on any atom is 0.230 e. The molecule has 1 N–H and O–H groups in total. The normalized spacial score (nSPS) is 16.2. The van der Waals surface area contributed by atoms with E-state index in [-0.39, 0.29) is 24.3 Å². The van der Waals surface area contributed by atoms with Gasteiger partial charge in [-0.1, -0.05) is 37.6 Å². The van der Waals surface area contributed by atoms with Crippen LogP contribution in [0, 0.1) is 5.92 Å². The summed E-state index contributed by atoms with van der Waals surface area (Å²) in [5, 5.41) is 9.86. The first-order chi connectivity index (χ1) is 9.54. The van der Waals surface area contributed by atoms with Gasteiger partial charge in [0.05, 0.1) is 12.5 Å². The molecule has 1 amide bonds. The number of benzene rings is 1. The van der Waals surface area contributed by atoms with Gasteiger partial charge in [-0.3, -0.25) is 4.79 Å². The highest BCUT2D eigenvalue weighted by Gasteiger charge is 2.36. The third-order valence-corrected chi connectivity index (χ3v) is 4.03. The van der Waals surface area contributed by atoms with Crippen molar-refractivity contribution in [2.45, 2.75) is 38.6 Å². The largest absolute Gasteiger partial charge is 0.395 e. The highest BCUT2D eigenvalue weighted by atomic mass is 35.5. The number of carbonyl (C=O) groups is 1. The van der Waals surface area contributed by atoms with Crippen LogP contribution in [0.2, 0.25) is 5.02 Å². The lowest BCUT2D eigenvalue weighted by Gasteiger charge is -2.29. The number of carbonyl (C=O) groups excluding carboxylic acids is 1. The van der Waals surface area contributed by atoms with Crippen molar-refractivity contribution in [3.8, 4) is 0 Å². The highest BCUT2D eigenvalue weighted by Crippen LogP contribution is 2.33. The molecule has 20 heavy (non-hydrogen) atoms. The van der Waals surface area contributed by atoms with Gasteiger partial charge in [-0.15, -0.1) is 0 Å². The predicted molar refractivity (Wildman–Crippen MR) is 80.9 cm³/mol. The molecule has 2 rings (SSSR count). The van der Waals surface area contributed by atoms with Crippen molar-refractivity contribution in [3.05, 3.63) is 34.9 Å². The molecular formula is C16H22ClNO2. The SMILES string of the molecule is CC(C)C(C(=O)N(CCO)C1CC1)c1ccc(Cl)cc1. The minimum absolute atomic E-state index is 0.0215. The molecule has 0 radical (unpaired) electrons. The summed E-state index contributed by atoms with van der Waals surface area (Å²) in [4.78, 5) is 14.7. The molecule has 0 aromatic heterocycles. The van der Waals surface area contributed by atoms with E-state index in [1.54, 1.807) is 0 Å². The van der Waals surface area contributed by atoms with Crippen LogP contribution in [0.5, 0.6) is 0 Å².